The molecule has 6 heteroatoms. The van der Waals surface area contributed by atoms with Gasteiger partial charge in [-0.1, -0.05) is 12.1 Å². The molecule has 96 valence electrons. The zero-order valence-corrected chi connectivity index (χ0v) is 10.4. The highest BCUT2D eigenvalue weighted by Crippen LogP contribution is 2.29. The molecule has 0 saturated heterocycles. The predicted molar refractivity (Wildman–Crippen MR) is 68.7 cm³/mol. The Balaban J connectivity index is 2.14. The van der Waals surface area contributed by atoms with Crippen LogP contribution in [0.5, 0.6) is 0 Å². The highest BCUT2D eigenvalue weighted by molar-refractivity contribution is 7.93. The number of carbonyl (C=O) groups is 1. The monoisotopic (exact) mass is 267 g/mol. The molecule has 1 aliphatic carbocycles. The lowest BCUT2D eigenvalue weighted by Gasteiger charge is -2.07. The van der Waals surface area contributed by atoms with Crippen LogP contribution in [-0.4, -0.2) is 24.7 Å². The molecule has 0 aromatic heterocycles. The first-order valence-corrected chi connectivity index (χ1v) is 7.05. The van der Waals surface area contributed by atoms with Gasteiger partial charge in [-0.25, -0.2) is 13.2 Å². The van der Waals surface area contributed by atoms with E-state index in [1.165, 1.54) is 6.08 Å². The zero-order chi connectivity index (χ0) is 13.2. The van der Waals surface area contributed by atoms with Gasteiger partial charge in [-0.3, -0.25) is 4.72 Å². The van der Waals surface area contributed by atoms with E-state index < -0.39 is 16.0 Å². The largest absolute Gasteiger partial charge is 0.478 e. The maximum atomic E-state index is 11.7. The molecule has 0 heterocycles. The van der Waals surface area contributed by atoms with Gasteiger partial charge in [0.2, 0.25) is 10.0 Å². The van der Waals surface area contributed by atoms with Crippen molar-refractivity contribution in [3.8, 4) is 0 Å². The highest BCUT2D eigenvalue weighted by atomic mass is 32.2. The normalized spacial score (nSPS) is 15.8. The number of nitrogens with one attached hydrogen (secondary N) is 1. The third kappa shape index (κ3) is 3.33. The first-order valence-electron chi connectivity index (χ1n) is 5.50. The molecule has 1 aliphatic rings. The summed E-state index contributed by atoms with van der Waals surface area (Å²) < 4.78 is 25.9. The lowest BCUT2D eigenvalue weighted by atomic mass is 10.2. The van der Waals surface area contributed by atoms with E-state index in [1.54, 1.807) is 24.3 Å². The molecule has 0 amide bonds. The summed E-state index contributed by atoms with van der Waals surface area (Å²) in [6, 6.07) is 6.61. The van der Waals surface area contributed by atoms with E-state index in [4.69, 9.17) is 5.11 Å². The smallest absolute Gasteiger partial charge is 0.328 e. The van der Waals surface area contributed by atoms with Crippen molar-refractivity contribution in [1.82, 2.24) is 0 Å². The Morgan fingerprint density at radius 2 is 2.11 bits per heavy atom. The molecule has 5 nitrogen and oxygen atoms in total. The van der Waals surface area contributed by atoms with Crippen LogP contribution in [0.2, 0.25) is 0 Å². The van der Waals surface area contributed by atoms with Crippen molar-refractivity contribution in [2.45, 2.75) is 18.1 Å². The minimum Gasteiger partial charge on any atom is -0.478 e. The van der Waals surface area contributed by atoms with Gasteiger partial charge in [0.25, 0.3) is 0 Å². The summed E-state index contributed by atoms with van der Waals surface area (Å²) in [5.74, 6) is -1.04. The Labute approximate surface area is 105 Å². The molecule has 18 heavy (non-hydrogen) atoms. The van der Waals surface area contributed by atoms with E-state index in [0.29, 0.717) is 24.1 Å². The molecule has 0 atom stereocenters. The number of aliphatic carboxylic acids is 1. The summed E-state index contributed by atoms with van der Waals surface area (Å²) in [7, 11) is -3.28. The molecule has 0 aliphatic heterocycles. The van der Waals surface area contributed by atoms with Gasteiger partial charge in [-0.15, -0.1) is 0 Å². The SMILES string of the molecule is O=C(O)C=Cc1cccc(NS(=O)(=O)C2CC2)c1. The topological polar surface area (TPSA) is 83.5 Å². The molecular formula is C12H13NO4S. The van der Waals surface area contributed by atoms with Crippen LogP contribution in [0.4, 0.5) is 5.69 Å². The van der Waals surface area contributed by atoms with Gasteiger partial charge in [0.05, 0.1) is 5.25 Å². The number of sulfonamides is 1. The van der Waals surface area contributed by atoms with Gasteiger partial charge in [-0.05, 0) is 36.6 Å². The maximum absolute atomic E-state index is 11.7. The molecule has 0 bridgehead atoms. The van der Waals surface area contributed by atoms with Gasteiger partial charge >= 0.3 is 5.97 Å². The van der Waals surface area contributed by atoms with E-state index in [1.807, 2.05) is 0 Å². The van der Waals surface area contributed by atoms with Gasteiger partial charge < -0.3 is 5.11 Å². The fourth-order valence-corrected chi connectivity index (χ4v) is 2.88. The van der Waals surface area contributed by atoms with Crippen molar-refractivity contribution in [3.05, 3.63) is 35.9 Å². The van der Waals surface area contributed by atoms with Crippen LogP contribution in [0, 0.1) is 0 Å². The highest BCUT2D eigenvalue weighted by Gasteiger charge is 2.35. The summed E-state index contributed by atoms with van der Waals surface area (Å²) in [6.45, 7) is 0. The summed E-state index contributed by atoms with van der Waals surface area (Å²) in [5, 5.41) is 8.23. The van der Waals surface area contributed by atoms with Gasteiger partial charge in [0, 0.05) is 11.8 Å². The average molecular weight is 267 g/mol. The molecule has 0 radical (unpaired) electrons. The Bertz CT molecular complexity index is 588. The van der Waals surface area contributed by atoms with Crippen LogP contribution in [0.3, 0.4) is 0 Å². The molecular weight excluding hydrogens is 254 g/mol. The third-order valence-corrected chi connectivity index (χ3v) is 4.40. The number of anilines is 1. The number of rotatable bonds is 5. The second kappa shape index (κ2) is 4.81. The molecule has 1 aromatic rings. The lowest BCUT2D eigenvalue weighted by Crippen LogP contribution is -2.17. The molecule has 1 aromatic carbocycles. The zero-order valence-electron chi connectivity index (χ0n) is 9.54. The fraction of sp³-hybridized carbons (Fsp3) is 0.250. The molecule has 0 unspecified atom stereocenters. The summed E-state index contributed by atoms with van der Waals surface area (Å²) in [6.07, 6.45) is 3.83. The minimum atomic E-state index is -3.28. The van der Waals surface area contributed by atoms with E-state index in [9.17, 15) is 13.2 Å². The Kier molecular flexibility index (Phi) is 3.38. The molecule has 1 saturated carbocycles. The van der Waals surface area contributed by atoms with Crippen LogP contribution in [0.25, 0.3) is 6.08 Å². The first-order chi connectivity index (χ1) is 8.47. The second-order valence-corrected chi connectivity index (χ2v) is 6.10. The van der Waals surface area contributed by atoms with Crippen LogP contribution in [0.1, 0.15) is 18.4 Å². The predicted octanol–water partition coefficient (Wildman–Crippen LogP) is 1.69. The van der Waals surface area contributed by atoms with Crippen LogP contribution < -0.4 is 4.72 Å². The van der Waals surface area contributed by atoms with Gasteiger partial charge in [0.1, 0.15) is 0 Å². The number of hydrogen-bond donors (Lipinski definition) is 2. The number of carboxylic acids is 1. The maximum Gasteiger partial charge on any atom is 0.328 e. The van der Waals surface area contributed by atoms with E-state index in [2.05, 4.69) is 4.72 Å². The van der Waals surface area contributed by atoms with Crippen molar-refractivity contribution >= 4 is 27.8 Å². The van der Waals surface area contributed by atoms with Crippen molar-refractivity contribution in [3.63, 3.8) is 0 Å². The van der Waals surface area contributed by atoms with Gasteiger partial charge in [0.15, 0.2) is 0 Å². The van der Waals surface area contributed by atoms with Crippen molar-refractivity contribution in [2.24, 2.45) is 0 Å². The van der Waals surface area contributed by atoms with E-state index in [0.717, 1.165) is 6.08 Å². The fourth-order valence-electron chi connectivity index (χ4n) is 1.50. The van der Waals surface area contributed by atoms with Crippen LogP contribution >= 0.6 is 0 Å². The lowest BCUT2D eigenvalue weighted by molar-refractivity contribution is -0.131. The Morgan fingerprint density at radius 3 is 2.72 bits per heavy atom. The van der Waals surface area contributed by atoms with Crippen LogP contribution in [0.15, 0.2) is 30.3 Å². The number of benzene rings is 1. The van der Waals surface area contributed by atoms with E-state index >= 15 is 0 Å². The Hall–Kier alpha value is -1.82. The summed E-state index contributed by atoms with van der Waals surface area (Å²) >= 11 is 0. The second-order valence-electron chi connectivity index (χ2n) is 4.14. The minimum absolute atomic E-state index is 0.282. The molecule has 0 spiro atoms. The summed E-state index contributed by atoms with van der Waals surface area (Å²) in [4.78, 5) is 10.4. The van der Waals surface area contributed by atoms with Crippen molar-refractivity contribution in [1.29, 1.82) is 0 Å². The standard InChI is InChI=1S/C12H13NO4S/c14-12(15)7-4-9-2-1-3-10(8-9)13-18(16,17)11-5-6-11/h1-4,7-8,11,13H,5-6H2,(H,14,15). The van der Waals surface area contributed by atoms with Crippen LogP contribution in [-0.2, 0) is 14.8 Å². The molecule has 2 rings (SSSR count). The average Bonchev–Trinajstić information content (AvgIpc) is 3.10. The Morgan fingerprint density at radius 1 is 1.39 bits per heavy atom. The molecule has 1 fully saturated rings. The van der Waals surface area contributed by atoms with Crippen molar-refractivity contribution < 1.29 is 18.3 Å². The van der Waals surface area contributed by atoms with E-state index in [-0.39, 0.29) is 5.25 Å². The summed E-state index contributed by atoms with van der Waals surface area (Å²) in [5.41, 5.74) is 1.09. The number of carboxylic acid groups (broad SMARTS) is 1. The quantitative estimate of drug-likeness (QED) is 0.795. The van der Waals surface area contributed by atoms with Gasteiger partial charge in [-0.2, -0.15) is 0 Å². The van der Waals surface area contributed by atoms with Crippen molar-refractivity contribution in [2.75, 3.05) is 4.72 Å². The number of hydrogen-bond acceptors (Lipinski definition) is 3. The third-order valence-electron chi connectivity index (χ3n) is 2.53. The molecule has 2 N–H and O–H groups in total. The first kappa shape index (κ1) is 12.6.